The van der Waals surface area contributed by atoms with E-state index in [9.17, 15) is 8.78 Å². The van der Waals surface area contributed by atoms with Crippen molar-refractivity contribution in [3.63, 3.8) is 0 Å². The molecule has 2 aromatic rings. The molecule has 1 N–H and O–H groups in total. The molecular formula is C15H15ClF2N2O2. The van der Waals surface area contributed by atoms with Crippen LogP contribution in [0.25, 0.3) is 0 Å². The second kappa shape index (κ2) is 6.79. The number of hydrogen-bond acceptors (Lipinski definition) is 4. The van der Waals surface area contributed by atoms with E-state index in [1.165, 1.54) is 14.2 Å². The van der Waals surface area contributed by atoms with Crippen LogP contribution in [0.3, 0.4) is 0 Å². The molecule has 1 aromatic carbocycles. The molecule has 0 spiro atoms. The van der Waals surface area contributed by atoms with Crippen LogP contribution in [0.15, 0.2) is 18.3 Å². The van der Waals surface area contributed by atoms with Crippen molar-refractivity contribution in [3.05, 3.63) is 46.2 Å². The van der Waals surface area contributed by atoms with Gasteiger partial charge in [0.2, 0.25) is 0 Å². The summed E-state index contributed by atoms with van der Waals surface area (Å²) in [5, 5.41) is 3.14. The Kier molecular flexibility index (Phi) is 5.03. The third-order valence-corrected chi connectivity index (χ3v) is 3.45. The molecule has 1 heterocycles. The first-order chi connectivity index (χ1) is 10.5. The van der Waals surface area contributed by atoms with Gasteiger partial charge >= 0.3 is 0 Å². The van der Waals surface area contributed by atoms with Gasteiger partial charge in [0, 0.05) is 35.1 Å². The highest BCUT2D eigenvalue weighted by atomic mass is 35.5. The second-order valence-corrected chi connectivity index (χ2v) is 4.96. The van der Waals surface area contributed by atoms with E-state index >= 15 is 0 Å². The smallest absolute Gasteiger partial charge is 0.191 e. The Morgan fingerprint density at radius 1 is 1.14 bits per heavy atom. The maximum Gasteiger partial charge on any atom is 0.191 e. The number of anilines is 1. The first-order valence-corrected chi connectivity index (χ1v) is 6.80. The minimum absolute atomic E-state index is 0.107. The zero-order chi connectivity index (χ0) is 16.3. The largest absolute Gasteiger partial charge is 0.493 e. The molecule has 118 valence electrons. The fraction of sp³-hybridized carbons (Fsp3) is 0.267. The number of nitrogens with one attached hydrogen (secondary N) is 1. The predicted octanol–water partition coefficient (Wildman–Crippen LogP) is 3.95. The highest BCUT2D eigenvalue weighted by molar-refractivity contribution is 6.31. The van der Waals surface area contributed by atoms with Crippen LogP contribution in [0.2, 0.25) is 5.02 Å². The van der Waals surface area contributed by atoms with Crippen molar-refractivity contribution in [1.82, 2.24) is 4.98 Å². The summed E-state index contributed by atoms with van der Waals surface area (Å²) in [7, 11) is 2.58. The fourth-order valence-electron chi connectivity index (χ4n) is 1.91. The zero-order valence-electron chi connectivity index (χ0n) is 12.3. The van der Waals surface area contributed by atoms with E-state index in [0.29, 0.717) is 10.6 Å². The average Bonchev–Trinajstić information content (AvgIpc) is 2.49. The molecule has 0 atom stereocenters. The Bertz CT molecular complexity index is 667. The number of nitrogens with zero attached hydrogens (tertiary/aromatic N) is 1. The maximum atomic E-state index is 14.2. The summed E-state index contributed by atoms with van der Waals surface area (Å²) in [6, 6.07) is 2.83. The monoisotopic (exact) mass is 328 g/mol. The molecule has 0 radical (unpaired) electrons. The van der Waals surface area contributed by atoms with Crippen molar-refractivity contribution in [2.45, 2.75) is 13.5 Å². The van der Waals surface area contributed by atoms with E-state index in [4.69, 9.17) is 21.1 Å². The molecule has 0 aliphatic rings. The van der Waals surface area contributed by atoms with Crippen LogP contribution in [-0.4, -0.2) is 19.2 Å². The molecule has 0 aliphatic carbocycles. The van der Waals surface area contributed by atoms with Crippen LogP contribution in [0.1, 0.15) is 11.3 Å². The van der Waals surface area contributed by atoms with Crippen molar-refractivity contribution >= 4 is 17.3 Å². The number of ether oxygens (including phenoxy) is 2. The van der Waals surface area contributed by atoms with Crippen molar-refractivity contribution < 1.29 is 18.3 Å². The number of methoxy groups -OCH3 is 2. The highest BCUT2D eigenvalue weighted by Gasteiger charge is 2.20. The van der Waals surface area contributed by atoms with Crippen LogP contribution in [0.5, 0.6) is 11.5 Å². The number of rotatable bonds is 5. The third-order valence-electron chi connectivity index (χ3n) is 3.10. The SMILES string of the molecule is COc1cc(OC)c(F)c(NCc2cnc(C)cc2Cl)c1F. The minimum atomic E-state index is -0.836. The fourth-order valence-corrected chi connectivity index (χ4v) is 2.18. The molecule has 0 bridgehead atoms. The van der Waals surface area contributed by atoms with Crippen LogP contribution in [-0.2, 0) is 6.54 Å². The van der Waals surface area contributed by atoms with E-state index in [-0.39, 0.29) is 23.7 Å². The maximum absolute atomic E-state index is 14.2. The number of hydrogen-bond donors (Lipinski definition) is 1. The first-order valence-electron chi connectivity index (χ1n) is 6.42. The molecule has 7 heteroatoms. The van der Waals surface area contributed by atoms with Gasteiger partial charge in [0.25, 0.3) is 0 Å². The summed E-state index contributed by atoms with van der Waals surface area (Å²) in [5.74, 6) is -1.91. The standard InChI is InChI=1S/C15H15ClF2N2O2/c1-8-4-10(16)9(6-19-8)7-20-15-13(17)11(21-2)5-12(22-3)14(15)18/h4-6,20H,7H2,1-3H3. The van der Waals surface area contributed by atoms with Gasteiger partial charge in [0.1, 0.15) is 5.69 Å². The molecule has 0 saturated heterocycles. The van der Waals surface area contributed by atoms with Gasteiger partial charge in [0.15, 0.2) is 23.1 Å². The quantitative estimate of drug-likeness (QED) is 0.902. The summed E-state index contributed by atoms with van der Waals surface area (Å²) >= 11 is 6.08. The van der Waals surface area contributed by atoms with Crippen LogP contribution >= 0.6 is 11.6 Å². The van der Waals surface area contributed by atoms with Crippen LogP contribution in [0.4, 0.5) is 14.5 Å². The molecule has 1 aromatic heterocycles. The van der Waals surface area contributed by atoms with E-state index < -0.39 is 11.6 Å². The summed E-state index contributed by atoms with van der Waals surface area (Å²) in [5.41, 5.74) is 1.04. The molecule has 0 aliphatic heterocycles. The van der Waals surface area contributed by atoms with Gasteiger partial charge in [-0.1, -0.05) is 11.6 Å². The Morgan fingerprint density at radius 2 is 1.73 bits per heavy atom. The van der Waals surface area contributed by atoms with Crippen molar-refractivity contribution in [1.29, 1.82) is 0 Å². The van der Waals surface area contributed by atoms with E-state index in [0.717, 1.165) is 11.8 Å². The van der Waals surface area contributed by atoms with Gasteiger partial charge in [-0.3, -0.25) is 4.98 Å². The Hall–Kier alpha value is -2.08. The molecule has 0 unspecified atom stereocenters. The van der Waals surface area contributed by atoms with Crippen molar-refractivity contribution in [2.75, 3.05) is 19.5 Å². The third kappa shape index (κ3) is 3.22. The van der Waals surface area contributed by atoms with E-state index in [2.05, 4.69) is 10.3 Å². The summed E-state index contributed by atoms with van der Waals surface area (Å²) in [6.07, 6.45) is 1.55. The molecule has 0 saturated carbocycles. The lowest BCUT2D eigenvalue weighted by atomic mass is 10.2. The lowest BCUT2D eigenvalue weighted by Gasteiger charge is -2.14. The van der Waals surface area contributed by atoms with E-state index in [1.807, 2.05) is 0 Å². The Morgan fingerprint density at radius 3 is 2.23 bits per heavy atom. The molecule has 0 amide bonds. The summed E-state index contributed by atoms with van der Waals surface area (Å²) < 4.78 is 38.1. The van der Waals surface area contributed by atoms with Gasteiger partial charge in [-0.15, -0.1) is 0 Å². The first kappa shape index (κ1) is 16.3. The molecule has 0 fully saturated rings. The van der Waals surface area contributed by atoms with Gasteiger partial charge < -0.3 is 14.8 Å². The summed E-state index contributed by atoms with van der Waals surface area (Å²) in [6.45, 7) is 1.91. The lowest BCUT2D eigenvalue weighted by molar-refractivity contribution is 0.360. The second-order valence-electron chi connectivity index (χ2n) is 4.55. The highest BCUT2D eigenvalue weighted by Crippen LogP contribution is 2.35. The lowest BCUT2D eigenvalue weighted by Crippen LogP contribution is -2.07. The molecular weight excluding hydrogens is 314 g/mol. The number of pyridine rings is 1. The molecule has 4 nitrogen and oxygen atoms in total. The number of benzene rings is 1. The number of aromatic nitrogens is 1. The minimum Gasteiger partial charge on any atom is -0.493 e. The molecule has 22 heavy (non-hydrogen) atoms. The molecule has 2 rings (SSSR count). The Balaban J connectivity index is 2.32. The van der Waals surface area contributed by atoms with Crippen LogP contribution < -0.4 is 14.8 Å². The van der Waals surface area contributed by atoms with Gasteiger partial charge in [-0.2, -0.15) is 0 Å². The van der Waals surface area contributed by atoms with Crippen LogP contribution in [0, 0.1) is 18.6 Å². The summed E-state index contributed by atoms with van der Waals surface area (Å²) in [4.78, 5) is 4.10. The number of aryl methyl sites for hydroxylation is 1. The average molecular weight is 329 g/mol. The van der Waals surface area contributed by atoms with Crippen molar-refractivity contribution in [2.24, 2.45) is 0 Å². The van der Waals surface area contributed by atoms with Gasteiger partial charge in [-0.25, -0.2) is 8.78 Å². The van der Waals surface area contributed by atoms with Gasteiger partial charge in [-0.05, 0) is 13.0 Å². The topological polar surface area (TPSA) is 43.4 Å². The van der Waals surface area contributed by atoms with Gasteiger partial charge in [0.05, 0.1) is 14.2 Å². The number of halogens is 3. The zero-order valence-corrected chi connectivity index (χ0v) is 13.1. The van der Waals surface area contributed by atoms with Crippen molar-refractivity contribution in [3.8, 4) is 11.5 Å². The predicted molar refractivity (Wildman–Crippen MR) is 80.8 cm³/mol. The van der Waals surface area contributed by atoms with E-state index in [1.54, 1.807) is 19.2 Å². The normalized spacial score (nSPS) is 10.5. The Labute approximate surface area is 132 Å².